The minimum Gasteiger partial charge on any atom is -0.501 e. The molecule has 1 aliphatic rings. The zero-order valence-electron chi connectivity index (χ0n) is 14.2. The number of hydrogen-bond donors (Lipinski definition) is 2. The highest BCUT2D eigenvalue weighted by molar-refractivity contribution is 6.31. The first-order valence-corrected chi connectivity index (χ1v) is 8.29. The molecular formula is C17H17ClFN3O4. The summed E-state index contributed by atoms with van der Waals surface area (Å²) in [7, 11) is 0. The Morgan fingerprint density at radius 2 is 2.23 bits per heavy atom. The lowest BCUT2D eigenvalue weighted by molar-refractivity contribution is -0.0566. The first-order valence-electron chi connectivity index (χ1n) is 7.91. The summed E-state index contributed by atoms with van der Waals surface area (Å²) in [5, 5.41) is 12.8. The molecule has 3 rings (SSSR count). The Morgan fingerprint density at radius 3 is 2.92 bits per heavy atom. The van der Waals surface area contributed by atoms with E-state index in [9.17, 15) is 19.1 Å². The van der Waals surface area contributed by atoms with Crippen LogP contribution in [0.1, 0.15) is 35.7 Å². The van der Waals surface area contributed by atoms with Crippen molar-refractivity contribution in [1.29, 1.82) is 0 Å². The van der Waals surface area contributed by atoms with E-state index in [0.717, 1.165) is 6.07 Å². The van der Waals surface area contributed by atoms with E-state index in [1.807, 2.05) is 0 Å². The fourth-order valence-corrected chi connectivity index (χ4v) is 2.98. The molecule has 0 atom stereocenters. The first-order chi connectivity index (χ1) is 12.2. The Morgan fingerprint density at radius 1 is 1.50 bits per heavy atom. The highest BCUT2D eigenvalue weighted by Crippen LogP contribution is 2.27. The van der Waals surface area contributed by atoms with Crippen molar-refractivity contribution in [3.05, 3.63) is 56.5 Å². The van der Waals surface area contributed by atoms with Crippen LogP contribution in [-0.4, -0.2) is 27.2 Å². The zero-order chi connectivity index (χ0) is 19.1. The molecule has 0 aliphatic carbocycles. The number of benzene rings is 1. The van der Waals surface area contributed by atoms with Crippen LogP contribution in [0.2, 0.25) is 5.02 Å². The molecule has 2 aromatic rings. The van der Waals surface area contributed by atoms with Crippen molar-refractivity contribution in [2.24, 2.45) is 0 Å². The minimum absolute atomic E-state index is 0.0165. The fourth-order valence-electron chi connectivity index (χ4n) is 2.75. The molecular weight excluding hydrogens is 365 g/mol. The van der Waals surface area contributed by atoms with Crippen LogP contribution in [0.15, 0.2) is 23.0 Å². The summed E-state index contributed by atoms with van der Waals surface area (Å²) in [6, 6.07) is 3.78. The van der Waals surface area contributed by atoms with E-state index in [2.05, 4.69) is 10.3 Å². The summed E-state index contributed by atoms with van der Waals surface area (Å²) in [6.45, 7) is 3.97. The van der Waals surface area contributed by atoms with Crippen LogP contribution in [0, 0.1) is 5.82 Å². The molecule has 1 aromatic heterocycles. The van der Waals surface area contributed by atoms with Crippen molar-refractivity contribution in [3.8, 4) is 5.75 Å². The van der Waals surface area contributed by atoms with E-state index in [-0.39, 0.29) is 23.9 Å². The van der Waals surface area contributed by atoms with Gasteiger partial charge in [-0.2, -0.15) is 0 Å². The Hall–Kier alpha value is -2.45. The number of amides is 1. The highest BCUT2D eigenvalue weighted by Gasteiger charge is 2.34. The molecule has 0 saturated carbocycles. The molecule has 0 fully saturated rings. The molecule has 7 nitrogen and oxygen atoms in total. The van der Waals surface area contributed by atoms with Gasteiger partial charge < -0.3 is 15.2 Å². The van der Waals surface area contributed by atoms with Crippen LogP contribution in [-0.2, 0) is 23.4 Å². The number of carbonyl (C=O) groups excluding carboxylic acids is 1. The largest absolute Gasteiger partial charge is 0.501 e. The zero-order valence-corrected chi connectivity index (χ0v) is 14.9. The van der Waals surface area contributed by atoms with E-state index in [1.54, 1.807) is 13.8 Å². The Kier molecular flexibility index (Phi) is 4.72. The third kappa shape index (κ3) is 3.30. The number of halogens is 2. The molecule has 2 N–H and O–H groups in total. The predicted molar refractivity (Wildman–Crippen MR) is 91.7 cm³/mol. The summed E-state index contributed by atoms with van der Waals surface area (Å²) < 4.78 is 20.0. The number of hydrogen-bond acceptors (Lipinski definition) is 5. The summed E-state index contributed by atoms with van der Waals surface area (Å²) in [5.74, 6) is -1.70. The lowest BCUT2D eigenvalue weighted by Gasteiger charge is -2.32. The maximum absolute atomic E-state index is 13.1. The van der Waals surface area contributed by atoms with Gasteiger partial charge in [0, 0.05) is 11.6 Å². The summed E-state index contributed by atoms with van der Waals surface area (Å²) in [5.41, 5.74) is -1.48. The second-order valence-corrected chi connectivity index (χ2v) is 6.77. The number of fused-ring (bicyclic) bond motifs is 1. The number of nitrogens with zero attached hydrogens (tertiary/aromatic N) is 2. The third-order valence-corrected chi connectivity index (χ3v) is 4.48. The molecule has 0 bridgehead atoms. The van der Waals surface area contributed by atoms with Crippen LogP contribution in [0.3, 0.4) is 0 Å². The van der Waals surface area contributed by atoms with Crippen LogP contribution < -0.4 is 10.9 Å². The van der Waals surface area contributed by atoms with Crippen LogP contribution >= 0.6 is 11.6 Å². The van der Waals surface area contributed by atoms with Gasteiger partial charge >= 0.3 is 0 Å². The van der Waals surface area contributed by atoms with Crippen molar-refractivity contribution in [2.75, 3.05) is 6.61 Å². The molecule has 1 aliphatic heterocycles. The average molecular weight is 382 g/mol. The van der Waals surface area contributed by atoms with Gasteiger partial charge in [-0.15, -0.1) is 0 Å². The molecule has 138 valence electrons. The number of aromatic nitrogens is 2. The molecule has 0 spiro atoms. The van der Waals surface area contributed by atoms with Crippen LogP contribution in [0.5, 0.6) is 5.75 Å². The van der Waals surface area contributed by atoms with Gasteiger partial charge in [-0.1, -0.05) is 17.7 Å². The van der Waals surface area contributed by atoms with Gasteiger partial charge in [0.2, 0.25) is 5.75 Å². The van der Waals surface area contributed by atoms with Crippen molar-refractivity contribution in [3.63, 3.8) is 0 Å². The van der Waals surface area contributed by atoms with Gasteiger partial charge in [0.25, 0.3) is 11.5 Å². The molecule has 1 amide bonds. The smallest absolute Gasteiger partial charge is 0.296 e. The van der Waals surface area contributed by atoms with E-state index >= 15 is 0 Å². The molecule has 2 heterocycles. The molecule has 0 unspecified atom stereocenters. The van der Waals surface area contributed by atoms with Crippen molar-refractivity contribution in [2.45, 2.75) is 32.5 Å². The van der Waals surface area contributed by atoms with Crippen molar-refractivity contribution >= 4 is 17.5 Å². The minimum atomic E-state index is -0.875. The van der Waals surface area contributed by atoms with E-state index in [0.29, 0.717) is 12.2 Å². The molecule has 0 saturated heterocycles. The van der Waals surface area contributed by atoms with Gasteiger partial charge in [-0.25, -0.2) is 9.37 Å². The van der Waals surface area contributed by atoms with Gasteiger partial charge in [-0.3, -0.25) is 14.2 Å². The Balaban J connectivity index is 1.90. The van der Waals surface area contributed by atoms with Crippen molar-refractivity contribution < 1.29 is 19.0 Å². The Bertz CT molecular complexity index is 942. The van der Waals surface area contributed by atoms with Gasteiger partial charge in [0.1, 0.15) is 17.2 Å². The number of rotatable bonds is 3. The van der Waals surface area contributed by atoms with Gasteiger partial charge in [-0.05, 0) is 31.5 Å². The first kappa shape index (κ1) is 18.3. The summed E-state index contributed by atoms with van der Waals surface area (Å²) >= 11 is 5.92. The van der Waals surface area contributed by atoms with E-state index in [1.165, 1.54) is 16.7 Å². The summed E-state index contributed by atoms with van der Waals surface area (Å²) in [6.07, 6.45) is 0. The fraction of sp³-hybridized carbons (Fsp3) is 0.353. The number of ether oxygens (including phenoxy) is 1. The third-order valence-electron chi connectivity index (χ3n) is 4.13. The number of nitrogens with one attached hydrogen (secondary N) is 1. The quantitative estimate of drug-likeness (QED) is 0.847. The highest BCUT2D eigenvalue weighted by atomic mass is 35.5. The molecule has 26 heavy (non-hydrogen) atoms. The van der Waals surface area contributed by atoms with Gasteiger partial charge in [0.15, 0.2) is 5.69 Å². The Labute approximate surface area is 153 Å². The SMILES string of the molecule is CC1(C)OCCn2c1nc(C(=O)NCc1ccc(F)cc1Cl)c(O)c2=O. The lowest BCUT2D eigenvalue weighted by atomic mass is 10.1. The second kappa shape index (κ2) is 6.69. The standard InChI is InChI=1S/C17H17ClFN3O4/c1-17(2)16-21-12(13(23)15(25)22(16)5-6-26-17)14(24)20-8-9-3-4-10(19)7-11(9)18/h3-4,7,23H,5-6,8H2,1-2H3,(H,20,24). The topological polar surface area (TPSA) is 93.5 Å². The molecule has 9 heteroatoms. The maximum Gasteiger partial charge on any atom is 0.296 e. The average Bonchev–Trinajstić information content (AvgIpc) is 2.57. The predicted octanol–water partition coefficient (Wildman–Crippen LogP) is 1.94. The van der Waals surface area contributed by atoms with E-state index in [4.69, 9.17) is 16.3 Å². The van der Waals surface area contributed by atoms with Gasteiger partial charge in [0.05, 0.1) is 13.2 Å². The number of carbonyl (C=O) groups is 1. The van der Waals surface area contributed by atoms with E-state index < -0.39 is 34.3 Å². The normalized spacial score (nSPS) is 15.4. The molecule has 0 radical (unpaired) electrons. The second-order valence-electron chi connectivity index (χ2n) is 6.37. The van der Waals surface area contributed by atoms with Crippen LogP contribution in [0.4, 0.5) is 4.39 Å². The van der Waals surface area contributed by atoms with Crippen molar-refractivity contribution in [1.82, 2.24) is 14.9 Å². The summed E-state index contributed by atoms with van der Waals surface area (Å²) in [4.78, 5) is 29.0. The van der Waals surface area contributed by atoms with Crippen LogP contribution in [0.25, 0.3) is 0 Å². The monoisotopic (exact) mass is 381 g/mol. The lowest BCUT2D eigenvalue weighted by Crippen LogP contribution is -2.42. The number of aromatic hydroxyl groups is 1. The molecule has 1 aromatic carbocycles. The maximum atomic E-state index is 13.1.